The van der Waals surface area contributed by atoms with Crippen LogP contribution in [0, 0.1) is 5.82 Å². The summed E-state index contributed by atoms with van der Waals surface area (Å²) in [7, 11) is 1.85. The zero-order chi connectivity index (χ0) is 13.8. The first-order chi connectivity index (χ1) is 9.10. The van der Waals surface area contributed by atoms with Gasteiger partial charge in [0.25, 0.3) is 0 Å². The van der Waals surface area contributed by atoms with Gasteiger partial charge in [0.15, 0.2) is 0 Å². The summed E-state index contributed by atoms with van der Waals surface area (Å²) < 4.78 is 14.9. The summed E-state index contributed by atoms with van der Waals surface area (Å²) in [5.74, 6) is -0.314. The van der Waals surface area contributed by atoms with Crippen molar-refractivity contribution in [1.82, 2.24) is 0 Å². The fourth-order valence-electron chi connectivity index (χ4n) is 1.91. The van der Waals surface area contributed by atoms with Gasteiger partial charge < -0.3 is 10.0 Å². The van der Waals surface area contributed by atoms with Crippen molar-refractivity contribution in [2.24, 2.45) is 0 Å². The number of halogens is 2. The quantitative estimate of drug-likeness (QED) is 0.927. The lowest BCUT2D eigenvalue weighted by atomic mass is 10.1. The Morgan fingerprint density at radius 1 is 1.11 bits per heavy atom. The van der Waals surface area contributed by atoms with Crippen LogP contribution in [0.1, 0.15) is 11.1 Å². The maximum Gasteiger partial charge on any atom is 0.146 e. The van der Waals surface area contributed by atoms with E-state index in [1.165, 1.54) is 6.07 Å². The van der Waals surface area contributed by atoms with E-state index >= 15 is 0 Å². The van der Waals surface area contributed by atoms with Crippen molar-refractivity contribution < 1.29 is 9.50 Å². The van der Waals surface area contributed by atoms with E-state index in [9.17, 15) is 4.39 Å². The lowest BCUT2D eigenvalue weighted by Gasteiger charge is -2.20. The largest absolute Gasteiger partial charge is 0.392 e. The van der Waals surface area contributed by atoms with Gasteiger partial charge in [-0.2, -0.15) is 0 Å². The summed E-state index contributed by atoms with van der Waals surface area (Å²) in [4.78, 5) is 1.85. The van der Waals surface area contributed by atoms with Crippen LogP contribution in [-0.4, -0.2) is 12.2 Å². The number of nitrogens with zero attached hydrogens (tertiary/aromatic N) is 1. The Hall–Kier alpha value is -1.39. The Morgan fingerprint density at radius 2 is 1.74 bits per heavy atom. The lowest BCUT2D eigenvalue weighted by molar-refractivity contribution is 0.281. The molecule has 2 rings (SSSR count). The van der Waals surface area contributed by atoms with Crippen molar-refractivity contribution in [2.75, 3.05) is 11.9 Å². The third-order valence-corrected chi connectivity index (χ3v) is 3.47. The molecule has 0 radical (unpaired) electrons. The van der Waals surface area contributed by atoms with Crippen LogP contribution >= 0.6 is 15.9 Å². The predicted octanol–water partition coefficient (Wildman–Crippen LogP) is 3.72. The summed E-state index contributed by atoms with van der Waals surface area (Å²) in [5, 5.41) is 8.97. The second kappa shape index (κ2) is 6.17. The van der Waals surface area contributed by atoms with E-state index < -0.39 is 0 Å². The highest BCUT2D eigenvalue weighted by atomic mass is 79.9. The fraction of sp³-hybridized carbons (Fsp3) is 0.200. The number of hydrogen-bond acceptors (Lipinski definition) is 2. The van der Waals surface area contributed by atoms with Gasteiger partial charge in [-0.25, -0.2) is 4.39 Å². The van der Waals surface area contributed by atoms with Crippen molar-refractivity contribution >= 4 is 21.6 Å². The Morgan fingerprint density at radius 3 is 2.32 bits per heavy atom. The third-order valence-electron chi connectivity index (χ3n) is 2.94. The Kier molecular flexibility index (Phi) is 4.56. The van der Waals surface area contributed by atoms with E-state index in [1.54, 1.807) is 12.1 Å². The molecule has 4 heteroatoms. The Labute approximate surface area is 120 Å². The van der Waals surface area contributed by atoms with Gasteiger partial charge in [0.2, 0.25) is 0 Å². The third kappa shape index (κ3) is 3.55. The molecule has 0 spiro atoms. The lowest BCUT2D eigenvalue weighted by Crippen LogP contribution is -2.17. The van der Waals surface area contributed by atoms with Gasteiger partial charge in [-0.3, -0.25) is 0 Å². The number of rotatable bonds is 4. The zero-order valence-corrected chi connectivity index (χ0v) is 12.2. The van der Waals surface area contributed by atoms with Gasteiger partial charge in [0.05, 0.1) is 12.3 Å². The molecule has 1 N–H and O–H groups in total. The van der Waals surface area contributed by atoms with E-state index in [1.807, 2.05) is 36.2 Å². The van der Waals surface area contributed by atoms with Crippen LogP contribution in [0.3, 0.4) is 0 Å². The summed E-state index contributed by atoms with van der Waals surface area (Å²) in [5.41, 5.74) is 2.22. The molecule has 100 valence electrons. The van der Waals surface area contributed by atoms with Gasteiger partial charge in [-0.15, -0.1) is 0 Å². The van der Waals surface area contributed by atoms with Crippen LogP contribution in [-0.2, 0) is 13.2 Å². The monoisotopic (exact) mass is 323 g/mol. The first kappa shape index (κ1) is 14.0. The van der Waals surface area contributed by atoms with Gasteiger partial charge in [0.1, 0.15) is 5.82 Å². The van der Waals surface area contributed by atoms with Crippen molar-refractivity contribution in [2.45, 2.75) is 13.2 Å². The van der Waals surface area contributed by atoms with Crippen LogP contribution < -0.4 is 4.90 Å². The van der Waals surface area contributed by atoms with Gasteiger partial charge >= 0.3 is 0 Å². The van der Waals surface area contributed by atoms with Crippen LogP contribution in [0.25, 0.3) is 0 Å². The van der Waals surface area contributed by atoms with Crippen molar-refractivity contribution in [3.63, 3.8) is 0 Å². The SMILES string of the molecule is CN(Cc1ccc(Br)cc1)c1ccc(CO)cc1F. The van der Waals surface area contributed by atoms with Gasteiger partial charge in [0, 0.05) is 18.1 Å². The molecule has 0 bridgehead atoms. The molecule has 2 aromatic rings. The van der Waals surface area contributed by atoms with Crippen molar-refractivity contribution in [1.29, 1.82) is 0 Å². The minimum absolute atomic E-state index is 0.145. The van der Waals surface area contributed by atoms with Crippen LogP contribution in [0.4, 0.5) is 10.1 Å². The molecular formula is C15H15BrFNO. The van der Waals surface area contributed by atoms with Crippen molar-refractivity contribution in [3.05, 3.63) is 63.9 Å². The average Bonchev–Trinajstić information content (AvgIpc) is 2.41. The Balaban J connectivity index is 2.15. The second-order valence-corrected chi connectivity index (χ2v) is 5.34. The van der Waals surface area contributed by atoms with Gasteiger partial charge in [-0.1, -0.05) is 34.1 Å². The van der Waals surface area contributed by atoms with E-state index in [4.69, 9.17) is 5.11 Å². The van der Waals surface area contributed by atoms with Crippen LogP contribution in [0.15, 0.2) is 46.9 Å². The Bertz CT molecular complexity index is 557. The summed E-state index contributed by atoms with van der Waals surface area (Å²) in [6.07, 6.45) is 0. The van der Waals surface area contributed by atoms with Crippen LogP contribution in [0.5, 0.6) is 0 Å². The van der Waals surface area contributed by atoms with Crippen LogP contribution in [0.2, 0.25) is 0 Å². The normalized spacial score (nSPS) is 10.5. The number of anilines is 1. The van der Waals surface area contributed by atoms with E-state index in [-0.39, 0.29) is 12.4 Å². The molecule has 0 aliphatic rings. The summed E-state index contributed by atoms with van der Waals surface area (Å²) in [6, 6.07) is 12.7. The first-order valence-corrected chi connectivity index (χ1v) is 6.74. The maximum atomic E-state index is 13.9. The second-order valence-electron chi connectivity index (χ2n) is 4.43. The minimum Gasteiger partial charge on any atom is -0.392 e. The molecule has 19 heavy (non-hydrogen) atoms. The number of benzene rings is 2. The zero-order valence-electron chi connectivity index (χ0n) is 10.6. The molecule has 2 aromatic carbocycles. The predicted molar refractivity (Wildman–Crippen MR) is 78.6 cm³/mol. The molecule has 0 unspecified atom stereocenters. The van der Waals surface area contributed by atoms with Gasteiger partial charge in [-0.05, 0) is 35.4 Å². The fourth-order valence-corrected chi connectivity index (χ4v) is 2.17. The summed E-state index contributed by atoms with van der Waals surface area (Å²) in [6.45, 7) is 0.482. The molecule has 0 aliphatic carbocycles. The number of aliphatic hydroxyl groups is 1. The molecule has 0 atom stereocenters. The molecule has 0 heterocycles. The average molecular weight is 324 g/mol. The highest BCUT2D eigenvalue weighted by molar-refractivity contribution is 9.10. The molecule has 2 nitrogen and oxygen atoms in total. The molecule has 0 aliphatic heterocycles. The molecule has 0 amide bonds. The highest BCUT2D eigenvalue weighted by Crippen LogP contribution is 2.21. The number of hydrogen-bond donors (Lipinski definition) is 1. The standard InChI is InChI=1S/C15H15BrFNO/c1-18(9-11-2-5-13(16)6-3-11)15-7-4-12(10-19)8-14(15)17/h2-8,19H,9-10H2,1H3. The van der Waals surface area contributed by atoms with E-state index in [0.717, 1.165) is 10.0 Å². The highest BCUT2D eigenvalue weighted by Gasteiger charge is 2.08. The topological polar surface area (TPSA) is 23.5 Å². The maximum absolute atomic E-state index is 13.9. The molecule has 0 fully saturated rings. The first-order valence-electron chi connectivity index (χ1n) is 5.95. The minimum atomic E-state index is -0.314. The summed E-state index contributed by atoms with van der Waals surface area (Å²) >= 11 is 3.39. The number of aliphatic hydroxyl groups excluding tert-OH is 1. The smallest absolute Gasteiger partial charge is 0.146 e. The van der Waals surface area contributed by atoms with E-state index in [2.05, 4.69) is 15.9 Å². The van der Waals surface area contributed by atoms with E-state index in [0.29, 0.717) is 17.8 Å². The van der Waals surface area contributed by atoms with Crippen molar-refractivity contribution in [3.8, 4) is 0 Å². The molecular weight excluding hydrogens is 309 g/mol. The molecule has 0 saturated carbocycles. The molecule has 0 saturated heterocycles. The molecule has 0 aromatic heterocycles.